The predicted molar refractivity (Wildman–Crippen MR) is 45.5 cm³/mol. The summed E-state index contributed by atoms with van der Waals surface area (Å²) in [6.07, 6.45) is -1.95. The molecule has 0 aromatic carbocycles. The smallest absolute Gasteiger partial charge is 0.115 e. The number of hydrogen-bond donors (Lipinski definition) is 2. The van der Waals surface area contributed by atoms with Crippen LogP contribution in [-0.2, 0) is 0 Å². The maximum atomic E-state index is 9.42. The molecule has 1 heterocycles. The van der Waals surface area contributed by atoms with Crippen LogP contribution in [0.1, 0.15) is 17.4 Å². The van der Waals surface area contributed by atoms with Crippen molar-refractivity contribution in [3.05, 3.63) is 22.4 Å². The van der Waals surface area contributed by atoms with Gasteiger partial charge in [-0.05, 0) is 11.4 Å². The largest absolute Gasteiger partial charge is 0.389 e. The zero-order valence-electron chi connectivity index (χ0n) is 6.34. The highest BCUT2D eigenvalue weighted by Gasteiger charge is 2.18. The fourth-order valence-electron chi connectivity index (χ4n) is 0.854. The lowest BCUT2D eigenvalue weighted by molar-refractivity contribution is 0.0238. The average Bonchev–Trinajstić information content (AvgIpc) is 2.55. The summed E-state index contributed by atoms with van der Waals surface area (Å²) >= 11 is 1.37. The highest BCUT2D eigenvalue weighted by molar-refractivity contribution is 7.10. The maximum Gasteiger partial charge on any atom is 0.115 e. The first-order valence-corrected chi connectivity index (χ1v) is 4.40. The standard InChI is InChI=1S/C8H9NO2S/c9-4-3-6(10)8(11)7-2-1-5-12-7/h1-2,5-6,8,10-11H,3H2. The fraction of sp³-hybridized carbons (Fsp3) is 0.375. The van der Waals surface area contributed by atoms with Crippen LogP contribution in [0.25, 0.3) is 0 Å². The quantitative estimate of drug-likeness (QED) is 0.736. The average molecular weight is 183 g/mol. The molecular weight excluding hydrogens is 174 g/mol. The molecule has 1 rings (SSSR count). The van der Waals surface area contributed by atoms with E-state index in [1.807, 2.05) is 5.38 Å². The molecule has 3 nitrogen and oxygen atoms in total. The number of rotatable bonds is 3. The minimum Gasteiger partial charge on any atom is -0.389 e. The van der Waals surface area contributed by atoms with E-state index >= 15 is 0 Å². The second kappa shape index (κ2) is 4.21. The number of hydrogen-bond acceptors (Lipinski definition) is 4. The topological polar surface area (TPSA) is 64.2 Å². The van der Waals surface area contributed by atoms with E-state index in [0.29, 0.717) is 4.88 Å². The molecule has 1 aromatic rings. The lowest BCUT2D eigenvalue weighted by atomic mass is 10.1. The van der Waals surface area contributed by atoms with Crippen molar-refractivity contribution in [3.63, 3.8) is 0 Å². The van der Waals surface area contributed by atoms with Gasteiger partial charge >= 0.3 is 0 Å². The third-order valence-electron chi connectivity index (χ3n) is 1.50. The van der Waals surface area contributed by atoms with E-state index in [-0.39, 0.29) is 6.42 Å². The summed E-state index contributed by atoms with van der Waals surface area (Å²) in [6, 6.07) is 5.33. The molecule has 2 unspecified atom stereocenters. The van der Waals surface area contributed by atoms with Gasteiger partial charge in [-0.25, -0.2) is 0 Å². The molecule has 0 spiro atoms. The van der Waals surface area contributed by atoms with Gasteiger partial charge in [0.25, 0.3) is 0 Å². The van der Waals surface area contributed by atoms with Gasteiger partial charge in [-0.1, -0.05) is 6.07 Å². The van der Waals surface area contributed by atoms with E-state index in [4.69, 9.17) is 5.26 Å². The zero-order chi connectivity index (χ0) is 8.97. The summed E-state index contributed by atoms with van der Waals surface area (Å²) in [6.45, 7) is 0. The molecule has 12 heavy (non-hydrogen) atoms. The highest BCUT2D eigenvalue weighted by Crippen LogP contribution is 2.22. The van der Waals surface area contributed by atoms with E-state index in [0.717, 1.165) is 0 Å². The van der Waals surface area contributed by atoms with Crippen molar-refractivity contribution in [1.82, 2.24) is 0 Å². The van der Waals surface area contributed by atoms with Gasteiger partial charge in [-0.3, -0.25) is 0 Å². The zero-order valence-corrected chi connectivity index (χ0v) is 7.16. The second-order valence-electron chi connectivity index (χ2n) is 2.39. The molecule has 0 aliphatic rings. The van der Waals surface area contributed by atoms with Crippen LogP contribution in [0, 0.1) is 11.3 Å². The molecule has 64 valence electrons. The van der Waals surface area contributed by atoms with Crippen LogP contribution in [0.4, 0.5) is 0 Å². The van der Waals surface area contributed by atoms with E-state index in [1.165, 1.54) is 11.3 Å². The van der Waals surface area contributed by atoms with Gasteiger partial charge in [0.1, 0.15) is 6.10 Å². The summed E-state index contributed by atoms with van der Waals surface area (Å²) in [5.74, 6) is 0. The Bertz CT molecular complexity index is 265. The van der Waals surface area contributed by atoms with Gasteiger partial charge in [-0.15, -0.1) is 11.3 Å². The maximum absolute atomic E-state index is 9.42. The molecule has 0 amide bonds. The van der Waals surface area contributed by atoms with Crippen LogP contribution in [-0.4, -0.2) is 16.3 Å². The van der Waals surface area contributed by atoms with Crippen LogP contribution < -0.4 is 0 Å². The van der Waals surface area contributed by atoms with Gasteiger partial charge in [0.15, 0.2) is 0 Å². The van der Waals surface area contributed by atoms with Gasteiger partial charge < -0.3 is 10.2 Å². The number of nitrogens with zero attached hydrogens (tertiary/aromatic N) is 1. The molecule has 0 saturated heterocycles. The number of nitriles is 1. The first-order chi connectivity index (χ1) is 5.75. The third-order valence-corrected chi connectivity index (χ3v) is 2.44. The van der Waals surface area contributed by atoms with Gasteiger partial charge in [0.2, 0.25) is 0 Å². The van der Waals surface area contributed by atoms with Crippen molar-refractivity contribution in [3.8, 4) is 6.07 Å². The normalized spacial score (nSPS) is 15.1. The SMILES string of the molecule is N#CCC(O)C(O)c1cccs1. The van der Waals surface area contributed by atoms with Gasteiger partial charge in [0.05, 0.1) is 18.6 Å². The summed E-state index contributed by atoms with van der Waals surface area (Å²) < 4.78 is 0. The lowest BCUT2D eigenvalue weighted by Crippen LogP contribution is -2.16. The minimum absolute atomic E-state index is 0.0426. The van der Waals surface area contributed by atoms with Crippen LogP contribution in [0.15, 0.2) is 17.5 Å². The van der Waals surface area contributed by atoms with Crippen molar-refractivity contribution in [2.75, 3.05) is 0 Å². The Kier molecular flexibility index (Phi) is 3.23. The Morgan fingerprint density at radius 2 is 2.33 bits per heavy atom. The van der Waals surface area contributed by atoms with Crippen molar-refractivity contribution < 1.29 is 10.2 Å². The molecule has 0 aliphatic carbocycles. The lowest BCUT2D eigenvalue weighted by Gasteiger charge is -2.12. The molecule has 0 bridgehead atoms. The monoisotopic (exact) mass is 183 g/mol. The predicted octanol–water partition coefficient (Wildman–Crippen LogP) is 1.06. The fourth-order valence-corrected chi connectivity index (χ4v) is 1.62. The molecule has 0 aliphatic heterocycles. The van der Waals surface area contributed by atoms with Gasteiger partial charge in [0, 0.05) is 4.88 Å². The Balaban J connectivity index is 2.60. The van der Waals surface area contributed by atoms with Crippen molar-refractivity contribution >= 4 is 11.3 Å². The molecule has 0 radical (unpaired) electrons. The summed E-state index contributed by atoms with van der Waals surface area (Å²) in [4.78, 5) is 0.692. The summed E-state index contributed by atoms with van der Waals surface area (Å²) in [7, 11) is 0. The van der Waals surface area contributed by atoms with Crippen LogP contribution in [0.3, 0.4) is 0 Å². The van der Waals surface area contributed by atoms with Crippen LogP contribution in [0.5, 0.6) is 0 Å². The van der Waals surface area contributed by atoms with Crippen LogP contribution >= 0.6 is 11.3 Å². The minimum atomic E-state index is -0.978. The number of aliphatic hydroxyl groups excluding tert-OH is 2. The first kappa shape index (κ1) is 9.20. The Labute approximate surface area is 74.5 Å². The highest BCUT2D eigenvalue weighted by atomic mass is 32.1. The van der Waals surface area contributed by atoms with E-state index in [1.54, 1.807) is 18.2 Å². The van der Waals surface area contributed by atoms with Crippen molar-refractivity contribution in [1.29, 1.82) is 5.26 Å². The van der Waals surface area contributed by atoms with E-state index in [2.05, 4.69) is 0 Å². The second-order valence-corrected chi connectivity index (χ2v) is 3.37. The molecule has 2 N–H and O–H groups in total. The molecule has 0 saturated carbocycles. The Morgan fingerprint density at radius 3 is 2.83 bits per heavy atom. The van der Waals surface area contributed by atoms with Gasteiger partial charge in [-0.2, -0.15) is 5.26 Å². The van der Waals surface area contributed by atoms with Crippen molar-refractivity contribution in [2.24, 2.45) is 0 Å². The molecule has 0 fully saturated rings. The number of thiophene rings is 1. The number of aliphatic hydroxyl groups is 2. The first-order valence-electron chi connectivity index (χ1n) is 3.52. The van der Waals surface area contributed by atoms with E-state index in [9.17, 15) is 10.2 Å². The molecular formula is C8H9NO2S. The third kappa shape index (κ3) is 2.05. The summed E-state index contributed by atoms with van der Waals surface area (Å²) in [5.41, 5.74) is 0. The molecule has 4 heteroatoms. The summed E-state index contributed by atoms with van der Waals surface area (Å²) in [5, 5.41) is 28.7. The van der Waals surface area contributed by atoms with Crippen LogP contribution in [0.2, 0.25) is 0 Å². The van der Waals surface area contributed by atoms with Crippen molar-refractivity contribution in [2.45, 2.75) is 18.6 Å². The molecule has 2 atom stereocenters. The Morgan fingerprint density at radius 1 is 1.58 bits per heavy atom. The molecule has 1 aromatic heterocycles. The Hall–Kier alpha value is -0.890. The van der Waals surface area contributed by atoms with E-state index < -0.39 is 12.2 Å².